The summed E-state index contributed by atoms with van der Waals surface area (Å²) in [6, 6.07) is 34.5. The second-order valence-corrected chi connectivity index (χ2v) is 8.34. The summed E-state index contributed by atoms with van der Waals surface area (Å²) in [7, 11) is 4.24. The van der Waals surface area contributed by atoms with Crippen molar-refractivity contribution in [3.63, 3.8) is 0 Å². The van der Waals surface area contributed by atoms with Gasteiger partial charge in [0.25, 0.3) is 0 Å². The second kappa shape index (κ2) is 7.26. The summed E-state index contributed by atoms with van der Waals surface area (Å²) in [6.07, 6.45) is 0. The third-order valence-electron chi connectivity index (χ3n) is 5.50. The number of para-hydroxylation sites is 2. The molecule has 3 heteroatoms. The summed E-state index contributed by atoms with van der Waals surface area (Å²) in [5, 5.41) is 2.65. The van der Waals surface area contributed by atoms with Crippen molar-refractivity contribution in [1.82, 2.24) is 0 Å². The Hall–Kier alpha value is -3.30. The molecule has 0 spiro atoms. The van der Waals surface area contributed by atoms with E-state index in [4.69, 9.17) is 0 Å². The van der Waals surface area contributed by atoms with Gasteiger partial charge in [0.2, 0.25) is 0 Å². The highest BCUT2D eigenvalue weighted by atomic mass is 32.1. The van der Waals surface area contributed by atoms with Gasteiger partial charge in [-0.3, -0.25) is 0 Å². The molecule has 4 aromatic carbocycles. The molecule has 0 aliphatic heterocycles. The third-order valence-corrected chi connectivity index (χ3v) is 6.62. The fourth-order valence-corrected chi connectivity index (χ4v) is 4.95. The molecule has 0 N–H and O–H groups in total. The van der Waals surface area contributed by atoms with E-state index in [1.807, 2.05) is 11.3 Å². The zero-order valence-electron chi connectivity index (χ0n) is 16.5. The minimum Gasteiger partial charge on any atom is -0.345 e. The second-order valence-electron chi connectivity index (χ2n) is 7.25. The SMILES string of the molecule is CN(c1ccccc1)c1ccc2c(c1)sc1cc(N(C)c3ccccc3)ccc12. The lowest BCUT2D eigenvalue weighted by Gasteiger charge is -2.19. The highest BCUT2D eigenvalue weighted by Crippen LogP contribution is 2.39. The minimum atomic E-state index is 1.19. The molecule has 0 amide bonds. The Morgan fingerprint density at radius 3 is 1.31 bits per heavy atom. The van der Waals surface area contributed by atoms with Crippen molar-refractivity contribution >= 4 is 54.3 Å². The number of nitrogens with zero attached hydrogens (tertiary/aromatic N) is 2. The number of thiophene rings is 1. The highest BCUT2D eigenvalue weighted by molar-refractivity contribution is 7.25. The first-order valence-corrected chi connectivity index (χ1v) is 10.6. The van der Waals surface area contributed by atoms with Crippen LogP contribution in [0, 0.1) is 0 Å². The van der Waals surface area contributed by atoms with E-state index < -0.39 is 0 Å². The lowest BCUT2D eigenvalue weighted by atomic mass is 10.1. The van der Waals surface area contributed by atoms with Gasteiger partial charge in [-0.1, -0.05) is 48.5 Å². The lowest BCUT2D eigenvalue weighted by Crippen LogP contribution is -2.08. The Kier molecular flexibility index (Phi) is 4.45. The molecule has 29 heavy (non-hydrogen) atoms. The molecule has 0 aliphatic carbocycles. The molecule has 1 aromatic heterocycles. The van der Waals surface area contributed by atoms with E-state index >= 15 is 0 Å². The molecule has 0 bridgehead atoms. The largest absolute Gasteiger partial charge is 0.345 e. The molecule has 5 aromatic rings. The van der Waals surface area contributed by atoms with E-state index in [9.17, 15) is 0 Å². The van der Waals surface area contributed by atoms with Gasteiger partial charge < -0.3 is 9.80 Å². The van der Waals surface area contributed by atoms with Crippen molar-refractivity contribution in [2.75, 3.05) is 23.9 Å². The van der Waals surface area contributed by atoms with Crippen LogP contribution in [-0.2, 0) is 0 Å². The Morgan fingerprint density at radius 1 is 0.483 bits per heavy atom. The summed E-state index contributed by atoms with van der Waals surface area (Å²) in [4.78, 5) is 4.47. The van der Waals surface area contributed by atoms with Gasteiger partial charge in [0.05, 0.1) is 0 Å². The van der Waals surface area contributed by atoms with Crippen LogP contribution in [0.1, 0.15) is 0 Å². The standard InChI is InChI=1S/C26H22N2S/c1-27(19-9-5-3-6-10-19)21-13-15-23-24-16-14-22(18-26(24)29-25(23)17-21)28(2)20-11-7-4-8-12-20/h3-18H,1-2H3. The molecule has 0 aliphatic rings. The number of anilines is 4. The molecular formula is C26H22N2S. The van der Waals surface area contributed by atoms with Gasteiger partial charge in [0.15, 0.2) is 0 Å². The predicted octanol–water partition coefficient (Wildman–Crippen LogP) is 7.59. The van der Waals surface area contributed by atoms with Crippen LogP contribution in [0.5, 0.6) is 0 Å². The van der Waals surface area contributed by atoms with Gasteiger partial charge in [-0.15, -0.1) is 11.3 Å². The Bertz CT molecular complexity index is 1180. The predicted molar refractivity (Wildman–Crippen MR) is 128 cm³/mol. The van der Waals surface area contributed by atoms with Crippen molar-refractivity contribution in [3.05, 3.63) is 97.1 Å². The van der Waals surface area contributed by atoms with Crippen LogP contribution in [-0.4, -0.2) is 14.1 Å². The average molecular weight is 395 g/mol. The normalized spacial score (nSPS) is 11.1. The first kappa shape index (κ1) is 17.8. The maximum atomic E-state index is 2.30. The minimum absolute atomic E-state index is 1.19. The van der Waals surface area contributed by atoms with Crippen LogP contribution in [0.15, 0.2) is 97.1 Å². The fraction of sp³-hybridized carbons (Fsp3) is 0.0769. The Morgan fingerprint density at radius 2 is 0.897 bits per heavy atom. The highest BCUT2D eigenvalue weighted by Gasteiger charge is 2.11. The third kappa shape index (κ3) is 3.24. The molecule has 142 valence electrons. The van der Waals surface area contributed by atoms with Gasteiger partial charge >= 0.3 is 0 Å². The quantitative estimate of drug-likeness (QED) is 0.310. The maximum Gasteiger partial charge on any atom is 0.0422 e. The molecular weight excluding hydrogens is 372 g/mol. The van der Waals surface area contributed by atoms with E-state index in [2.05, 4.69) is 121 Å². The van der Waals surface area contributed by atoms with E-state index in [-0.39, 0.29) is 0 Å². The van der Waals surface area contributed by atoms with Gasteiger partial charge in [-0.25, -0.2) is 0 Å². The molecule has 0 unspecified atom stereocenters. The molecule has 0 saturated carbocycles. The first-order chi connectivity index (χ1) is 14.2. The molecule has 0 saturated heterocycles. The van der Waals surface area contributed by atoms with Crippen LogP contribution in [0.2, 0.25) is 0 Å². The smallest absolute Gasteiger partial charge is 0.0422 e. The zero-order chi connectivity index (χ0) is 19.8. The Labute approximate surface area is 175 Å². The Balaban J connectivity index is 1.55. The molecule has 0 radical (unpaired) electrons. The van der Waals surface area contributed by atoms with Crippen molar-refractivity contribution < 1.29 is 0 Å². The van der Waals surface area contributed by atoms with E-state index in [1.54, 1.807) is 0 Å². The average Bonchev–Trinajstić information content (AvgIpc) is 3.16. The number of rotatable bonds is 4. The topological polar surface area (TPSA) is 6.48 Å². The van der Waals surface area contributed by atoms with E-state index in [0.717, 1.165) is 0 Å². The van der Waals surface area contributed by atoms with Gasteiger partial charge in [-0.2, -0.15) is 0 Å². The van der Waals surface area contributed by atoms with Crippen molar-refractivity contribution in [2.24, 2.45) is 0 Å². The van der Waals surface area contributed by atoms with Gasteiger partial charge in [0, 0.05) is 57.0 Å². The zero-order valence-corrected chi connectivity index (χ0v) is 17.4. The number of hydrogen-bond donors (Lipinski definition) is 0. The van der Waals surface area contributed by atoms with Crippen LogP contribution in [0.3, 0.4) is 0 Å². The van der Waals surface area contributed by atoms with Crippen molar-refractivity contribution in [2.45, 2.75) is 0 Å². The lowest BCUT2D eigenvalue weighted by molar-refractivity contribution is 1.21. The number of benzene rings is 4. The monoisotopic (exact) mass is 394 g/mol. The fourth-order valence-electron chi connectivity index (χ4n) is 3.77. The van der Waals surface area contributed by atoms with Crippen LogP contribution in [0.25, 0.3) is 20.2 Å². The van der Waals surface area contributed by atoms with Gasteiger partial charge in [0.1, 0.15) is 0 Å². The van der Waals surface area contributed by atoms with Crippen LogP contribution >= 0.6 is 11.3 Å². The number of fused-ring (bicyclic) bond motifs is 3. The summed E-state index contributed by atoms with van der Waals surface area (Å²) in [5.74, 6) is 0. The van der Waals surface area contributed by atoms with Gasteiger partial charge in [-0.05, 0) is 48.5 Å². The molecule has 0 fully saturated rings. The van der Waals surface area contributed by atoms with Crippen LogP contribution in [0.4, 0.5) is 22.7 Å². The summed E-state index contributed by atoms with van der Waals surface area (Å²) in [6.45, 7) is 0. The molecule has 0 atom stereocenters. The van der Waals surface area contributed by atoms with Crippen molar-refractivity contribution in [3.8, 4) is 0 Å². The summed E-state index contributed by atoms with van der Waals surface area (Å²) >= 11 is 1.86. The molecule has 2 nitrogen and oxygen atoms in total. The van der Waals surface area contributed by atoms with Crippen molar-refractivity contribution in [1.29, 1.82) is 0 Å². The van der Waals surface area contributed by atoms with Crippen LogP contribution < -0.4 is 9.80 Å². The summed E-state index contributed by atoms with van der Waals surface area (Å²) in [5.41, 5.74) is 4.80. The van der Waals surface area contributed by atoms with E-state index in [1.165, 1.54) is 42.9 Å². The maximum absolute atomic E-state index is 2.30. The van der Waals surface area contributed by atoms with E-state index in [0.29, 0.717) is 0 Å². The number of hydrogen-bond acceptors (Lipinski definition) is 3. The summed E-state index contributed by atoms with van der Waals surface area (Å²) < 4.78 is 2.64. The molecule has 1 heterocycles. The molecule has 5 rings (SSSR count). The first-order valence-electron chi connectivity index (χ1n) is 9.74.